The highest BCUT2D eigenvalue weighted by molar-refractivity contribution is 7.20. The van der Waals surface area contributed by atoms with Gasteiger partial charge in [0, 0.05) is 21.7 Å². The number of carbonyl (C=O) groups is 1. The van der Waals surface area contributed by atoms with Crippen molar-refractivity contribution in [1.29, 1.82) is 0 Å². The number of halogens is 24. The van der Waals surface area contributed by atoms with Crippen molar-refractivity contribution in [2.24, 2.45) is 5.11 Å². The van der Waals surface area contributed by atoms with Crippen LogP contribution in [0, 0.1) is 0 Å². The Hall–Kier alpha value is -8.24. The topological polar surface area (TPSA) is 82.6 Å². The summed E-state index contributed by atoms with van der Waals surface area (Å²) >= 11 is 0. The fraction of sp³-hybridized carbons (Fsp3) is 0.180. The van der Waals surface area contributed by atoms with Crippen molar-refractivity contribution in [1.82, 2.24) is 4.98 Å². The highest BCUT2D eigenvalue weighted by atomic mass is 19.4. The molecule has 0 radical (unpaired) electrons. The molecule has 0 saturated heterocycles. The molecule has 7 aromatic rings. The van der Waals surface area contributed by atoms with Gasteiger partial charge in [-0.3, -0.25) is 4.79 Å². The number of hydrogen-bond acceptors (Lipinski definition) is 3. The van der Waals surface area contributed by atoms with Gasteiger partial charge < -0.3 is 0 Å². The average molecular weight is 1180 g/mol. The van der Waals surface area contributed by atoms with Crippen molar-refractivity contribution in [2.45, 2.75) is 56.0 Å². The van der Waals surface area contributed by atoms with Crippen molar-refractivity contribution in [3.63, 3.8) is 0 Å². The van der Waals surface area contributed by atoms with Crippen molar-refractivity contribution in [3.8, 4) is 11.3 Å². The molecule has 0 N–H and O–H groups in total. The molecule has 428 valence electrons. The van der Waals surface area contributed by atoms with Crippen LogP contribution < -0.4 is 26.4 Å². The molecule has 1 aromatic heterocycles. The van der Waals surface area contributed by atoms with Gasteiger partial charge in [-0.1, -0.05) is 102 Å². The molecule has 1 heterocycles. The van der Waals surface area contributed by atoms with E-state index in [-0.39, 0.29) is 12.3 Å². The Balaban J connectivity index is 0.000000363. The first-order valence-corrected chi connectivity index (χ1v) is 22.0. The quantitative estimate of drug-likeness (QED) is 0.0274. The minimum atomic E-state index is -6.13. The van der Waals surface area contributed by atoms with Gasteiger partial charge in [-0.25, -0.2) is 4.98 Å². The monoisotopic (exact) mass is 1180 g/mol. The van der Waals surface area contributed by atoms with E-state index in [1.807, 2.05) is 24.3 Å². The molecule has 0 unspecified atom stereocenters. The maximum atomic E-state index is 14.2. The number of Topliss-reactive ketones (excluding diaryl/α,β-unsaturated/α-hetero) is 1. The molecule has 7 rings (SSSR count). The second-order valence-corrected chi connectivity index (χ2v) is 17.4. The van der Waals surface area contributed by atoms with Crippen LogP contribution in [0.15, 0.2) is 151 Å². The Morgan fingerprint density at radius 3 is 1.06 bits per heavy atom. The molecule has 0 spiro atoms. The number of ketones is 1. The van der Waals surface area contributed by atoms with Crippen molar-refractivity contribution in [2.75, 3.05) is 0 Å². The van der Waals surface area contributed by atoms with Gasteiger partial charge in [0.25, 0.3) is 0 Å². The zero-order valence-corrected chi connectivity index (χ0v) is 39.4. The number of aromatic nitrogens is 2. The smallest absolute Gasteiger partial charge is 0.287 e. The second-order valence-electron chi connectivity index (χ2n) is 17.4. The second kappa shape index (κ2) is 22.0. The molecule has 31 heteroatoms. The molecule has 0 amide bonds. The summed E-state index contributed by atoms with van der Waals surface area (Å²) in [6.07, 6.45) is -49.6. The van der Waals surface area contributed by atoms with Crippen LogP contribution in [-0.4, -0.2) is 16.9 Å². The summed E-state index contributed by atoms with van der Waals surface area (Å²) in [6.45, 7) is 0.232. The molecule has 0 atom stereocenters. The lowest BCUT2D eigenvalue weighted by molar-refractivity contribution is -0.683. The first kappa shape index (κ1) is 62.0. The van der Waals surface area contributed by atoms with E-state index in [0.717, 1.165) is 5.56 Å². The number of rotatable bonds is 9. The summed E-state index contributed by atoms with van der Waals surface area (Å²) in [5.74, 6) is 0.0283. The fourth-order valence-electron chi connectivity index (χ4n) is 8.41. The van der Waals surface area contributed by atoms with Crippen LogP contribution in [0.4, 0.5) is 111 Å². The van der Waals surface area contributed by atoms with Crippen LogP contribution in [0.2, 0.25) is 0 Å². The largest absolute Gasteiger partial charge is 0.416 e. The lowest BCUT2D eigenvalue weighted by Crippen LogP contribution is -2.75. The fourth-order valence-corrected chi connectivity index (χ4v) is 8.41. The van der Waals surface area contributed by atoms with Gasteiger partial charge in [0.1, 0.15) is 11.8 Å². The number of nitrogens with zero attached hydrogens (tertiary/aromatic N) is 5. The minimum absolute atomic E-state index is 0.0283. The van der Waals surface area contributed by atoms with Gasteiger partial charge in [0.15, 0.2) is 12.4 Å². The third-order valence-electron chi connectivity index (χ3n) is 11.9. The zero-order valence-electron chi connectivity index (χ0n) is 39.4. The average Bonchev–Trinajstić information content (AvgIpc) is 3.50. The zero-order chi connectivity index (χ0) is 60.7. The summed E-state index contributed by atoms with van der Waals surface area (Å²) in [4.78, 5) is 19.4. The van der Waals surface area contributed by atoms with Crippen LogP contribution in [0.25, 0.3) is 21.7 Å². The summed E-state index contributed by atoms with van der Waals surface area (Å²) < 4.78 is 343. The lowest BCUT2D eigenvalue weighted by atomic mass is 9.12. The summed E-state index contributed by atoms with van der Waals surface area (Å²) in [6, 6.07) is 7.51. The first-order valence-electron chi connectivity index (χ1n) is 22.0. The van der Waals surface area contributed by atoms with Crippen LogP contribution in [0.1, 0.15) is 54.9 Å². The van der Waals surface area contributed by atoms with Crippen molar-refractivity contribution in [3.05, 3.63) is 206 Å². The maximum absolute atomic E-state index is 14.2. The Kier molecular flexibility index (Phi) is 16.8. The number of hydrogen-bond donors (Lipinski definition) is 0. The molecule has 81 heavy (non-hydrogen) atoms. The van der Waals surface area contributed by atoms with E-state index in [9.17, 15) is 110 Å². The molecular formula is C50H26BF24N5O. The van der Waals surface area contributed by atoms with Crippen LogP contribution in [0.3, 0.4) is 0 Å². The molecule has 0 fully saturated rings. The number of alkyl halides is 24. The predicted octanol–water partition coefficient (Wildman–Crippen LogP) is 15.1. The van der Waals surface area contributed by atoms with Gasteiger partial charge in [0.2, 0.25) is 12.3 Å². The SMILES string of the molecule is FC(F)(F)c1cc([B-](c2cc(C(F)(F)F)cc(C(F)(F)F)c2)(c2cc(C(F)(F)F)cc(C(F)(F)F)c2)c2cc(C(F)(F)F)cc(C(F)(F)F)c2)cc(C(F)(F)F)c1.[N-]=[N+]=Nc1cccc(-c2c[n+](CC(=O)c3ccccc3)ccn2)c1. The predicted molar refractivity (Wildman–Crippen MR) is 240 cm³/mol. The van der Waals surface area contributed by atoms with Gasteiger partial charge in [-0.2, -0.15) is 132 Å². The van der Waals surface area contributed by atoms with Crippen molar-refractivity contribution < 1.29 is 115 Å². The molecule has 0 aliphatic heterocycles. The third kappa shape index (κ3) is 14.6. The minimum Gasteiger partial charge on any atom is -0.287 e. The van der Waals surface area contributed by atoms with Gasteiger partial charge in [0.05, 0.1) is 50.7 Å². The summed E-state index contributed by atoms with van der Waals surface area (Å²) in [5.41, 5.74) is -19.0. The summed E-state index contributed by atoms with van der Waals surface area (Å²) in [5, 5.41) is 3.60. The van der Waals surface area contributed by atoms with Gasteiger partial charge in [-0.05, 0) is 35.9 Å². The molecule has 0 aliphatic carbocycles. The van der Waals surface area contributed by atoms with Gasteiger partial charge >= 0.3 is 49.4 Å². The Morgan fingerprint density at radius 2 is 0.765 bits per heavy atom. The highest BCUT2D eigenvalue weighted by Crippen LogP contribution is 2.41. The molecule has 0 saturated carbocycles. The number of benzene rings is 6. The van der Waals surface area contributed by atoms with Gasteiger partial charge in [-0.15, -0.1) is 0 Å². The van der Waals surface area contributed by atoms with Crippen LogP contribution in [-0.2, 0) is 56.0 Å². The molecule has 0 aliphatic rings. The van der Waals surface area contributed by atoms with E-state index >= 15 is 0 Å². The van der Waals surface area contributed by atoms with E-state index in [1.165, 1.54) is 0 Å². The van der Waals surface area contributed by atoms with E-state index < -0.39 is 195 Å². The third-order valence-corrected chi connectivity index (χ3v) is 11.9. The maximum Gasteiger partial charge on any atom is 0.416 e. The standard InChI is InChI=1S/C32H12BF24.C18H14N5O/c34-25(35,36)13-1-14(26(37,38)39)6-21(5-13)33(22-7-15(27(40,41)42)2-16(8-22)28(43,44)45,23-9-17(29(46,47)48)3-18(10-23)30(49,50)51)24-11-19(31(52,53)54)4-20(12-24)32(55,56)57;19-22-21-16-8-4-7-15(11-16)17-12-23(10-9-20-17)13-18(24)14-5-2-1-3-6-14/h1-12H;1-12H,13H2/q-1;+1. The number of carbonyl (C=O) groups excluding carboxylic acids is 1. The van der Waals surface area contributed by atoms with E-state index in [1.54, 1.807) is 53.5 Å². The normalized spacial score (nSPS) is 13.0. The van der Waals surface area contributed by atoms with E-state index in [2.05, 4.69) is 15.0 Å². The molecule has 6 aromatic carbocycles. The Labute approximate surface area is 437 Å². The van der Waals surface area contributed by atoms with E-state index in [0.29, 0.717) is 16.9 Å². The Morgan fingerprint density at radius 1 is 0.444 bits per heavy atom. The Bertz CT molecular complexity index is 3060. The molecular weight excluding hydrogens is 1150 g/mol. The first-order chi connectivity index (χ1) is 37.0. The lowest BCUT2D eigenvalue weighted by Gasteiger charge is -2.46. The van der Waals surface area contributed by atoms with Crippen molar-refractivity contribution >= 4 is 39.5 Å². The molecule has 6 nitrogen and oxygen atoms in total. The van der Waals surface area contributed by atoms with Crippen LogP contribution >= 0.6 is 0 Å². The number of azide groups is 1. The summed E-state index contributed by atoms with van der Waals surface area (Å²) in [7, 11) is 0. The highest BCUT2D eigenvalue weighted by Gasteiger charge is 2.47. The van der Waals surface area contributed by atoms with Crippen LogP contribution in [0.5, 0.6) is 0 Å². The molecule has 0 bridgehead atoms. The van der Waals surface area contributed by atoms with E-state index in [4.69, 9.17) is 5.53 Å².